The van der Waals surface area contributed by atoms with E-state index in [1.165, 1.54) is 36.4 Å². The number of carbonyl (C=O) groups is 1. The molecule has 13 heteroatoms. The molecule has 3 aromatic carbocycles. The van der Waals surface area contributed by atoms with E-state index in [4.69, 9.17) is 5.73 Å². The summed E-state index contributed by atoms with van der Waals surface area (Å²) in [7, 11) is -3.50. The van der Waals surface area contributed by atoms with Crippen molar-refractivity contribution in [3.05, 3.63) is 117 Å². The Balaban J connectivity index is 1.92. The Labute approximate surface area is 225 Å². The van der Waals surface area contributed by atoms with Gasteiger partial charge in [0.15, 0.2) is 9.84 Å². The first-order valence-corrected chi connectivity index (χ1v) is 13.5. The van der Waals surface area contributed by atoms with E-state index in [1.54, 1.807) is 30.3 Å². The Morgan fingerprint density at radius 1 is 0.975 bits per heavy atom. The first kappa shape index (κ1) is 28.4. The quantitative estimate of drug-likeness (QED) is 0.331. The summed E-state index contributed by atoms with van der Waals surface area (Å²) in [6.45, 7) is 0. The van der Waals surface area contributed by atoms with Gasteiger partial charge in [0, 0.05) is 17.9 Å². The number of halogens is 3. The molecule has 0 aliphatic rings. The Hall–Kier alpha value is -4.65. The third-order valence-electron chi connectivity index (χ3n) is 6.03. The van der Waals surface area contributed by atoms with Crippen LogP contribution in [0.1, 0.15) is 27.7 Å². The van der Waals surface area contributed by atoms with Crippen molar-refractivity contribution >= 4 is 15.7 Å². The minimum absolute atomic E-state index is 0.0283. The molecule has 0 fully saturated rings. The van der Waals surface area contributed by atoms with Gasteiger partial charge in [0.2, 0.25) is 0 Å². The van der Waals surface area contributed by atoms with E-state index in [1.807, 2.05) is 0 Å². The summed E-state index contributed by atoms with van der Waals surface area (Å²) in [4.78, 5) is 39.7. The summed E-state index contributed by atoms with van der Waals surface area (Å²) in [6.07, 6.45) is -4.19. The topological polar surface area (TPSA) is 141 Å². The molecule has 3 N–H and O–H groups in total. The van der Waals surface area contributed by atoms with E-state index in [0.29, 0.717) is 15.7 Å². The Kier molecular flexibility index (Phi) is 7.69. The number of nitrogens with two attached hydrogens (primary N) is 1. The number of benzene rings is 3. The molecular weight excluding hydrogens is 551 g/mol. The number of aromatic nitrogens is 2. The SMILES string of the molecule is CS(=O)(=O)c1ccc(-c2ccc(C(Cc3ccccc3)n3c(=O)cc(C(N)=O)[nH]c3=O)c(OC(F)(F)F)c2)cc1. The number of nitrogens with zero attached hydrogens (tertiary/aromatic N) is 1. The highest BCUT2D eigenvalue weighted by Crippen LogP contribution is 2.37. The van der Waals surface area contributed by atoms with Crippen LogP contribution in [0.2, 0.25) is 0 Å². The largest absolute Gasteiger partial charge is 0.573 e. The van der Waals surface area contributed by atoms with Gasteiger partial charge in [-0.3, -0.25) is 14.2 Å². The van der Waals surface area contributed by atoms with Crippen LogP contribution in [-0.2, 0) is 16.3 Å². The van der Waals surface area contributed by atoms with E-state index >= 15 is 0 Å². The van der Waals surface area contributed by atoms with Crippen LogP contribution in [0.4, 0.5) is 13.2 Å². The summed E-state index contributed by atoms with van der Waals surface area (Å²) in [5.74, 6) is -1.74. The van der Waals surface area contributed by atoms with Crippen LogP contribution < -0.4 is 21.7 Å². The second-order valence-corrected chi connectivity index (χ2v) is 10.9. The lowest BCUT2D eigenvalue weighted by molar-refractivity contribution is -0.275. The Morgan fingerprint density at radius 3 is 2.15 bits per heavy atom. The van der Waals surface area contributed by atoms with Gasteiger partial charge < -0.3 is 15.5 Å². The molecule has 40 heavy (non-hydrogen) atoms. The van der Waals surface area contributed by atoms with Crippen molar-refractivity contribution in [2.45, 2.75) is 23.7 Å². The molecule has 208 valence electrons. The van der Waals surface area contributed by atoms with E-state index in [0.717, 1.165) is 18.4 Å². The molecule has 0 radical (unpaired) electrons. The van der Waals surface area contributed by atoms with Gasteiger partial charge >= 0.3 is 12.1 Å². The molecule has 0 aliphatic carbocycles. The molecule has 1 atom stereocenters. The van der Waals surface area contributed by atoms with E-state index < -0.39 is 50.8 Å². The van der Waals surface area contributed by atoms with Crippen molar-refractivity contribution in [3.8, 4) is 16.9 Å². The Bertz CT molecular complexity index is 1750. The van der Waals surface area contributed by atoms with Gasteiger partial charge in [-0.25, -0.2) is 13.2 Å². The number of amides is 1. The lowest BCUT2D eigenvalue weighted by Crippen LogP contribution is -2.41. The van der Waals surface area contributed by atoms with Gasteiger partial charge in [0.25, 0.3) is 11.5 Å². The van der Waals surface area contributed by atoms with E-state index in [2.05, 4.69) is 9.72 Å². The summed E-state index contributed by atoms with van der Waals surface area (Å²) in [5, 5.41) is 0. The van der Waals surface area contributed by atoms with Gasteiger partial charge in [-0.05, 0) is 41.3 Å². The standard InChI is InChI=1S/C27H22F3N3O6S/c1-40(37,38)19-10-7-17(8-11-19)18-9-12-20(23(14-18)39-27(28,29)30)22(13-16-5-3-2-4-6-16)33-24(34)15-21(25(31)35)32-26(33)36/h2-12,14-15,22H,13H2,1H3,(H2,31,35)(H,32,36). The predicted molar refractivity (Wildman–Crippen MR) is 140 cm³/mol. The average molecular weight is 574 g/mol. The monoisotopic (exact) mass is 573 g/mol. The molecule has 1 amide bonds. The van der Waals surface area contributed by atoms with Crippen molar-refractivity contribution in [1.29, 1.82) is 0 Å². The zero-order chi connectivity index (χ0) is 29.2. The zero-order valence-corrected chi connectivity index (χ0v) is 21.6. The summed E-state index contributed by atoms with van der Waals surface area (Å²) in [6, 6.07) is 17.3. The fourth-order valence-corrected chi connectivity index (χ4v) is 4.84. The molecule has 4 rings (SSSR count). The molecule has 0 spiro atoms. The van der Waals surface area contributed by atoms with Gasteiger partial charge in [0.1, 0.15) is 11.4 Å². The number of aromatic amines is 1. The number of H-pyrrole nitrogens is 1. The molecular formula is C27H22F3N3O6S. The molecule has 0 saturated heterocycles. The van der Waals surface area contributed by atoms with Crippen LogP contribution in [-0.4, -0.2) is 36.5 Å². The van der Waals surface area contributed by atoms with Crippen molar-refractivity contribution in [1.82, 2.24) is 9.55 Å². The minimum Gasteiger partial charge on any atom is -0.405 e. The normalized spacial score (nSPS) is 12.6. The second-order valence-electron chi connectivity index (χ2n) is 8.86. The average Bonchev–Trinajstić information content (AvgIpc) is 2.87. The smallest absolute Gasteiger partial charge is 0.405 e. The predicted octanol–water partition coefficient (Wildman–Crippen LogP) is 3.44. The first-order chi connectivity index (χ1) is 18.7. The molecule has 1 aromatic heterocycles. The molecule has 0 saturated carbocycles. The third-order valence-corrected chi connectivity index (χ3v) is 7.16. The number of carbonyl (C=O) groups excluding carboxylic acids is 1. The van der Waals surface area contributed by atoms with Gasteiger partial charge in [-0.1, -0.05) is 54.6 Å². The second kappa shape index (κ2) is 10.8. The zero-order valence-electron chi connectivity index (χ0n) is 20.8. The number of alkyl halides is 3. The lowest BCUT2D eigenvalue weighted by Gasteiger charge is -2.23. The highest BCUT2D eigenvalue weighted by molar-refractivity contribution is 7.90. The summed E-state index contributed by atoms with van der Waals surface area (Å²) in [5.41, 5.74) is 3.81. The highest BCUT2D eigenvalue weighted by Gasteiger charge is 2.34. The number of hydrogen-bond acceptors (Lipinski definition) is 6. The van der Waals surface area contributed by atoms with Crippen molar-refractivity contribution < 1.29 is 31.1 Å². The molecule has 9 nitrogen and oxygen atoms in total. The number of rotatable bonds is 8. The molecule has 1 unspecified atom stereocenters. The van der Waals surface area contributed by atoms with Crippen molar-refractivity contribution in [2.75, 3.05) is 6.26 Å². The number of ether oxygens (including phenoxy) is 1. The van der Waals surface area contributed by atoms with Gasteiger partial charge in [-0.2, -0.15) is 0 Å². The summed E-state index contributed by atoms with van der Waals surface area (Å²) >= 11 is 0. The molecule has 1 heterocycles. The third kappa shape index (κ3) is 6.49. The van der Waals surface area contributed by atoms with Crippen LogP contribution in [0.3, 0.4) is 0 Å². The van der Waals surface area contributed by atoms with E-state index in [9.17, 15) is 36.0 Å². The molecule has 0 aliphatic heterocycles. The summed E-state index contributed by atoms with van der Waals surface area (Å²) < 4.78 is 69.3. The maximum absolute atomic E-state index is 13.6. The fraction of sp³-hybridized carbons (Fsp3) is 0.148. The van der Waals surface area contributed by atoms with Crippen LogP contribution in [0.5, 0.6) is 5.75 Å². The number of sulfone groups is 1. The number of nitrogens with one attached hydrogen (secondary N) is 1. The lowest BCUT2D eigenvalue weighted by atomic mass is 9.95. The van der Waals surface area contributed by atoms with Gasteiger partial charge in [0.05, 0.1) is 10.9 Å². The van der Waals surface area contributed by atoms with Crippen LogP contribution >= 0.6 is 0 Å². The highest BCUT2D eigenvalue weighted by atomic mass is 32.2. The fourth-order valence-electron chi connectivity index (χ4n) is 4.21. The van der Waals surface area contributed by atoms with Crippen molar-refractivity contribution in [3.63, 3.8) is 0 Å². The van der Waals surface area contributed by atoms with Crippen LogP contribution in [0.25, 0.3) is 11.1 Å². The van der Waals surface area contributed by atoms with E-state index in [-0.39, 0.29) is 22.4 Å². The number of primary amides is 1. The molecule has 0 bridgehead atoms. The molecule has 4 aromatic rings. The van der Waals surface area contributed by atoms with Gasteiger partial charge in [-0.15, -0.1) is 13.2 Å². The maximum atomic E-state index is 13.6. The van der Waals surface area contributed by atoms with Crippen LogP contribution in [0, 0.1) is 0 Å². The maximum Gasteiger partial charge on any atom is 0.573 e. The van der Waals surface area contributed by atoms with Crippen molar-refractivity contribution in [2.24, 2.45) is 5.73 Å². The van der Waals surface area contributed by atoms with Crippen LogP contribution in [0.15, 0.2) is 93.3 Å². The number of hydrogen-bond donors (Lipinski definition) is 2. The Morgan fingerprint density at radius 2 is 1.60 bits per heavy atom. The first-order valence-electron chi connectivity index (χ1n) is 11.6. The minimum atomic E-state index is -5.13.